The third kappa shape index (κ3) is 3.93. The quantitative estimate of drug-likeness (QED) is 0.523. The van der Waals surface area contributed by atoms with Gasteiger partial charge in [-0.2, -0.15) is 0 Å². The van der Waals surface area contributed by atoms with Gasteiger partial charge in [-0.15, -0.1) is 21.5 Å². The van der Waals surface area contributed by atoms with Gasteiger partial charge in [0.25, 0.3) is 17.0 Å². The number of fused-ring (bicyclic) bond motifs is 2. The number of hydrogen-bond donors (Lipinski definition) is 2. The number of ether oxygens (including phenoxy) is 2. The summed E-state index contributed by atoms with van der Waals surface area (Å²) in [5, 5.41) is 11.1. The summed E-state index contributed by atoms with van der Waals surface area (Å²) in [4.78, 5) is 25.8. The molecule has 1 aliphatic carbocycles. The fourth-order valence-electron chi connectivity index (χ4n) is 3.71. The van der Waals surface area contributed by atoms with Crippen LogP contribution in [0, 0.1) is 0 Å². The fourth-order valence-corrected chi connectivity index (χ4v) is 5.70. The number of aromatic nitrogens is 2. The van der Waals surface area contributed by atoms with E-state index < -0.39 is 17.3 Å². The number of nitrogens with two attached hydrogens (primary N) is 1. The van der Waals surface area contributed by atoms with Crippen LogP contribution in [-0.2, 0) is 17.6 Å². The van der Waals surface area contributed by atoms with Gasteiger partial charge >= 0.3 is 0 Å². The highest BCUT2D eigenvalue weighted by molar-refractivity contribution is 8.00. The number of aryl methyl sites for hydroxylation is 1. The third-order valence-electron chi connectivity index (χ3n) is 5.26. The van der Waals surface area contributed by atoms with Crippen LogP contribution in [0.25, 0.3) is 0 Å². The molecule has 0 radical (unpaired) electrons. The number of carbonyl (C=O) groups excluding carboxylic acids is 2. The van der Waals surface area contributed by atoms with Crippen LogP contribution in [-0.4, -0.2) is 33.9 Å². The first-order chi connectivity index (χ1) is 15.5. The number of thioether (sulfide) groups is 1. The Morgan fingerprint density at radius 1 is 1.25 bits per heavy atom. The molecular formula is C21H20N4O5S2. The molecule has 1 aromatic carbocycles. The summed E-state index contributed by atoms with van der Waals surface area (Å²) in [6, 6.07) is 7.35. The van der Waals surface area contributed by atoms with Crippen molar-refractivity contribution in [1.29, 1.82) is 0 Å². The summed E-state index contributed by atoms with van der Waals surface area (Å²) >= 11 is 2.55. The number of hydrogen-bond acceptors (Lipinski definition) is 9. The molecule has 3 heterocycles. The largest absolute Gasteiger partial charge is 0.485 e. The van der Waals surface area contributed by atoms with Crippen molar-refractivity contribution in [2.24, 2.45) is 5.73 Å². The smallest absolute Gasteiger partial charge is 0.277 e. The van der Waals surface area contributed by atoms with Crippen molar-refractivity contribution in [3.8, 4) is 11.5 Å². The number of rotatable bonds is 6. The van der Waals surface area contributed by atoms with Gasteiger partial charge in [0, 0.05) is 4.88 Å². The van der Waals surface area contributed by atoms with Gasteiger partial charge in [-0.25, -0.2) is 0 Å². The third-order valence-corrected chi connectivity index (χ3v) is 7.40. The Balaban J connectivity index is 1.24. The van der Waals surface area contributed by atoms with Gasteiger partial charge in [0.1, 0.15) is 11.6 Å². The summed E-state index contributed by atoms with van der Waals surface area (Å²) < 4.78 is 17.3. The Kier molecular flexibility index (Phi) is 5.51. The van der Waals surface area contributed by atoms with E-state index in [0.29, 0.717) is 22.1 Å². The molecule has 0 fully saturated rings. The fraction of sp³-hybridized carbons (Fsp3) is 0.333. The van der Waals surface area contributed by atoms with E-state index in [0.717, 1.165) is 41.5 Å². The highest BCUT2D eigenvalue weighted by Crippen LogP contribution is 2.39. The molecule has 11 heteroatoms. The Hall–Kier alpha value is -3.05. The van der Waals surface area contributed by atoms with E-state index in [9.17, 15) is 9.59 Å². The first-order valence-electron chi connectivity index (χ1n) is 10.1. The molecule has 3 N–H and O–H groups in total. The molecule has 2 aromatic heterocycles. The Labute approximate surface area is 191 Å². The van der Waals surface area contributed by atoms with Crippen molar-refractivity contribution in [1.82, 2.24) is 10.2 Å². The predicted molar refractivity (Wildman–Crippen MR) is 118 cm³/mol. The summed E-state index contributed by atoms with van der Waals surface area (Å²) in [5.74, 6) is 0.761. The topological polar surface area (TPSA) is 130 Å². The van der Waals surface area contributed by atoms with Crippen LogP contribution in [0.15, 0.2) is 33.9 Å². The maximum absolute atomic E-state index is 12.8. The lowest BCUT2D eigenvalue weighted by Crippen LogP contribution is -2.24. The zero-order chi connectivity index (χ0) is 22.2. The number of primary amides is 1. The van der Waals surface area contributed by atoms with Crippen molar-refractivity contribution >= 4 is 39.9 Å². The maximum atomic E-state index is 12.8. The number of benzene rings is 1. The molecule has 166 valence electrons. The van der Waals surface area contributed by atoms with Gasteiger partial charge < -0.3 is 24.9 Å². The number of anilines is 1. The first kappa shape index (κ1) is 20.8. The van der Waals surface area contributed by atoms with Gasteiger partial charge in [0.15, 0.2) is 11.5 Å². The van der Waals surface area contributed by atoms with Crippen molar-refractivity contribution in [3.63, 3.8) is 0 Å². The van der Waals surface area contributed by atoms with Crippen molar-refractivity contribution in [3.05, 3.63) is 46.2 Å². The molecule has 1 aliphatic heterocycles. The Morgan fingerprint density at radius 2 is 2.06 bits per heavy atom. The molecule has 0 spiro atoms. The standard InChI is InChI=1S/C21H20N4O5S2/c1-10(18(27)23-20-16(17(22)26)11-5-4-8-15(11)32-20)31-21-25-24-19(30-21)14-9-28-12-6-2-3-7-13(12)29-14/h2-3,6-7,10,14H,4-5,8-9H2,1H3,(H2,22,26)(H,23,27)/t10-,14-/m1/s1. The highest BCUT2D eigenvalue weighted by Gasteiger charge is 2.30. The summed E-state index contributed by atoms with van der Waals surface area (Å²) in [7, 11) is 0. The van der Waals surface area contributed by atoms with Gasteiger partial charge in [0.2, 0.25) is 12.0 Å². The van der Waals surface area contributed by atoms with Crippen LogP contribution in [0.5, 0.6) is 11.5 Å². The normalized spacial score (nSPS) is 17.6. The minimum Gasteiger partial charge on any atom is -0.485 e. The number of thiophene rings is 1. The minimum absolute atomic E-state index is 0.244. The molecule has 0 saturated heterocycles. The molecule has 2 aliphatic rings. The SMILES string of the molecule is C[C@@H](Sc1nnc([C@H]2COc3ccccc3O2)o1)C(=O)Nc1sc2c(c1C(N)=O)CCC2. The first-order valence-corrected chi connectivity index (χ1v) is 11.8. The molecule has 0 unspecified atom stereocenters. The molecule has 3 aromatic rings. The van der Waals surface area contributed by atoms with E-state index in [1.165, 1.54) is 11.3 Å². The van der Waals surface area contributed by atoms with Crippen LogP contribution < -0.4 is 20.5 Å². The second-order valence-electron chi connectivity index (χ2n) is 7.45. The molecule has 0 saturated carbocycles. The molecule has 32 heavy (non-hydrogen) atoms. The molecule has 5 rings (SSSR count). The van der Waals surface area contributed by atoms with Crippen LogP contribution >= 0.6 is 23.1 Å². The number of nitrogens with zero attached hydrogens (tertiary/aromatic N) is 2. The number of carbonyl (C=O) groups is 2. The van der Waals surface area contributed by atoms with E-state index in [-0.39, 0.29) is 23.6 Å². The highest BCUT2D eigenvalue weighted by atomic mass is 32.2. The van der Waals surface area contributed by atoms with E-state index in [1.54, 1.807) is 13.0 Å². The zero-order valence-electron chi connectivity index (χ0n) is 17.1. The van der Waals surface area contributed by atoms with Crippen molar-refractivity contribution in [2.45, 2.75) is 42.8 Å². The van der Waals surface area contributed by atoms with Crippen LogP contribution in [0.4, 0.5) is 5.00 Å². The average Bonchev–Trinajstić information content (AvgIpc) is 3.49. The Bertz CT molecular complexity index is 1190. The van der Waals surface area contributed by atoms with Crippen LogP contribution in [0.3, 0.4) is 0 Å². The van der Waals surface area contributed by atoms with Crippen molar-refractivity contribution < 1.29 is 23.5 Å². The van der Waals surface area contributed by atoms with E-state index in [4.69, 9.17) is 19.6 Å². The minimum atomic E-state index is -0.537. The lowest BCUT2D eigenvalue weighted by molar-refractivity contribution is -0.115. The summed E-state index contributed by atoms with van der Waals surface area (Å²) in [6.07, 6.45) is 2.19. The van der Waals surface area contributed by atoms with Gasteiger partial charge in [-0.05, 0) is 43.9 Å². The zero-order valence-corrected chi connectivity index (χ0v) is 18.8. The molecule has 0 bridgehead atoms. The maximum Gasteiger partial charge on any atom is 0.277 e. The molecule has 2 amide bonds. The van der Waals surface area contributed by atoms with Gasteiger partial charge in [0.05, 0.1) is 10.8 Å². The van der Waals surface area contributed by atoms with Crippen LogP contribution in [0.1, 0.15) is 46.1 Å². The second kappa shape index (κ2) is 8.47. The average molecular weight is 473 g/mol. The number of amides is 2. The number of nitrogens with one attached hydrogen (secondary N) is 1. The molecule has 9 nitrogen and oxygen atoms in total. The van der Waals surface area contributed by atoms with Crippen molar-refractivity contribution in [2.75, 3.05) is 11.9 Å². The lowest BCUT2D eigenvalue weighted by Gasteiger charge is -2.23. The van der Waals surface area contributed by atoms with Crippen LogP contribution in [0.2, 0.25) is 0 Å². The predicted octanol–water partition coefficient (Wildman–Crippen LogP) is 3.35. The Morgan fingerprint density at radius 3 is 2.88 bits per heavy atom. The lowest BCUT2D eigenvalue weighted by atomic mass is 10.1. The molecular weight excluding hydrogens is 452 g/mol. The van der Waals surface area contributed by atoms with Gasteiger partial charge in [-0.3, -0.25) is 9.59 Å². The van der Waals surface area contributed by atoms with E-state index >= 15 is 0 Å². The monoisotopic (exact) mass is 472 g/mol. The van der Waals surface area contributed by atoms with Gasteiger partial charge in [-0.1, -0.05) is 23.9 Å². The number of para-hydroxylation sites is 2. The second-order valence-corrected chi connectivity index (χ2v) is 9.84. The molecule has 2 atom stereocenters. The van der Waals surface area contributed by atoms with E-state index in [2.05, 4.69) is 15.5 Å². The van der Waals surface area contributed by atoms with E-state index in [1.807, 2.05) is 18.2 Å². The summed E-state index contributed by atoms with van der Waals surface area (Å²) in [5.41, 5.74) is 6.97. The summed E-state index contributed by atoms with van der Waals surface area (Å²) in [6.45, 7) is 1.98.